The molecule has 4 heteroatoms. The SMILES string of the molecule is COc1ccc(C2(C#N)CCC(=O)CC2)c2ccn(C)c12. The molecule has 0 aliphatic heterocycles. The number of methoxy groups -OCH3 is 1. The number of ketones is 1. The number of hydrogen-bond acceptors (Lipinski definition) is 3. The monoisotopic (exact) mass is 282 g/mol. The Bertz CT molecular complexity index is 742. The van der Waals surface area contributed by atoms with Gasteiger partial charge >= 0.3 is 0 Å². The smallest absolute Gasteiger partial charge is 0.143 e. The maximum Gasteiger partial charge on any atom is 0.143 e. The fourth-order valence-electron chi connectivity index (χ4n) is 3.36. The molecule has 1 saturated carbocycles. The van der Waals surface area contributed by atoms with Crippen LogP contribution in [0.25, 0.3) is 10.9 Å². The summed E-state index contributed by atoms with van der Waals surface area (Å²) in [6.45, 7) is 0. The van der Waals surface area contributed by atoms with Gasteiger partial charge in [0.15, 0.2) is 0 Å². The Kier molecular flexibility index (Phi) is 3.21. The third-order valence-electron chi connectivity index (χ3n) is 4.61. The van der Waals surface area contributed by atoms with E-state index in [1.54, 1.807) is 7.11 Å². The lowest BCUT2D eigenvalue weighted by Crippen LogP contribution is -2.30. The zero-order valence-corrected chi connectivity index (χ0v) is 12.3. The predicted octanol–water partition coefficient (Wildman–Crippen LogP) is 3.09. The molecule has 1 aromatic carbocycles. The first-order valence-electron chi connectivity index (χ1n) is 7.17. The normalized spacial score (nSPS) is 17.7. The van der Waals surface area contributed by atoms with Crippen LogP contribution in [0.15, 0.2) is 24.4 Å². The maximum atomic E-state index is 11.5. The molecule has 0 N–H and O–H groups in total. The van der Waals surface area contributed by atoms with E-state index in [2.05, 4.69) is 6.07 Å². The van der Waals surface area contributed by atoms with Gasteiger partial charge in [-0.2, -0.15) is 5.26 Å². The largest absolute Gasteiger partial charge is 0.495 e. The van der Waals surface area contributed by atoms with Crippen LogP contribution >= 0.6 is 0 Å². The number of nitrogens with zero attached hydrogens (tertiary/aromatic N) is 2. The third-order valence-corrected chi connectivity index (χ3v) is 4.61. The van der Waals surface area contributed by atoms with Crippen molar-refractivity contribution in [2.75, 3.05) is 7.11 Å². The van der Waals surface area contributed by atoms with Crippen LogP contribution in [0.2, 0.25) is 0 Å². The van der Waals surface area contributed by atoms with Crippen molar-refractivity contribution in [3.05, 3.63) is 30.0 Å². The highest BCUT2D eigenvalue weighted by molar-refractivity contribution is 5.91. The quantitative estimate of drug-likeness (QED) is 0.850. The summed E-state index contributed by atoms with van der Waals surface area (Å²) in [5.41, 5.74) is 1.47. The second-order valence-corrected chi connectivity index (χ2v) is 5.74. The van der Waals surface area contributed by atoms with Gasteiger partial charge in [0.05, 0.1) is 24.1 Å². The number of carbonyl (C=O) groups excluding carboxylic acids is 1. The van der Waals surface area contributed by atoms with Gasteiger partial charge in [0.1, 0.15) is 11.5 Å². The van der Waals surface area contributed by atoms with Crippen molar-refractivity contribution in [3.63, 3.8) is 0 Å². The van der Waals surface area contributed by atoms with E-state index < -0.39 is 5.41 Å². The van der Waals surface area contributed by atoms with Crippen LogP contribution in [-0.2, 0) is 17.3 Å². The van der Waals surface area contributed by atoms with E-state index in [1.165, 1.54) is 0 Å². The number of benzene rings is 1. The van der Waals surface area contributed by atoms with Gasteiger partial charge in [0, 0.05) is 31.5 Å². The van der Waals surface area contributed by atoms with Crippen molar-refractivity contribution in [2.45, 2.75) is 31.1 Å². The molecule has 0 radical (unpaired) electrons. The van der Waals surface area contributed by atoms with Crippen molar-refractivity contribution in [1.82, 2.24) is 4.57 Å². The Morgan fingerprint density at radius 2 is 2.00 bits per heavy atom. The first-order chi connectivity index (χ1) is 10.1. The van der Waals surface area contributed by atoms with E-state index in [9.17, 15) is 10.1 Å². The highest BCUT2D eigenvalue weighted by atomic mass is 16.5. The van der Waals surface area contributed by atoms with Crippen LogP contribution in [0.3, 0.4) is 0 Å². The number of carbonyl (C=O) groups is 1. The highest BCUT2D eigenvalue weighted by Gasteiger charge is 2.38. The van der Waals surface area contributed by atoms with E-state index in [-0.39, 0.29) is 5.78 Å². The van der Waals surface area contributed by atoms with Gasteiger partial charge in [-0.05, 0) is 30.5 Å². The Balaban J connectivity index is 2.21. The number of nitriles is 1. The molecule has 1 aliphatic rings. The molecule has 0 atom stereocenters. The Hall–Kier alpha value is -2.28. The summed E-state index contributed by atoms with van der Waals surface area (Å²) < 4.78 is 7.45. The molecule has 1 aromatic heterocycles. The van der Waals surface area contributed by atoms with Crippen molar-refractivity contribution in [2.24, 2.45) is 7.05 Å². The Labute approximate surface area is 123 Å². The van der Waals surface area contributed by atoms with Gasteiger partial charge in [0.25, 0.3) is 0 Å². The third kappa shape index (κ3) is 2.01. The number of aryl methyl sites for hydroxylation is 1. The number of ether oxygens (including phenoxy) is 1. The van der Waals surface area contributed by atoms with E-state index in [0.717, 1.165) is 22.2 Å². The number of rotatable bonds is 2. The highest BCUT2D eigenvalue weighted by Crippen LogP contribution is 2.43. The summed E-state index contributed by atoms with van der Waals surface area (Å²) in [7, 11) is 3.62. The van der Waals surface area contributed by atoms with Crippen molar-refractivity contribution >= 4 is 16.7 Å². The molecule has 2 aromatic rings. The summed E-state index contributed by atoms with van der Waals surface area (Å²) in [4.78, 5) is 11.5. The number of fused-ring (bicyclic) bond motifs is 1. The molecular weight excluding hydrogens is 264 g/mol. The van der Waals surface area contributed by atoms with Gasteiger partial charge in [-0.15, -0.1) is 0 Å². The molecule has 108 valence electrons. The summed E-state index contributed by atoms with van der Waals surface area (Å²) in [6.07, 6.45) is 4.19. The van der Waals surface area contributed by atoms with Gasteiger partial charge < -0.3 is 9.30 Å². The molecule has 0 saturated heterocycles. The molecule has 4 nitrogen and oxygen atoms in total. The maximum absolute atomic E-state index is 11.5. The molecule has 21 heavy (non-hydrogen) atoms. The topological polar surface area (TPSA) is 55.0 Å². The van der Waals surface area contributed by atoms with Gasteiger partial charge in [-0.1, -0.05) is 6.07 Å². The van der Waals surface area contributed by atoms with Crippen molar-refractivity contribution in [3.8, 4) is 11.8 Å². The van der Waals surface area contributed by atoms with Crippen LogP contribution in [0, 0.1) is 11.3 Å². The minimum atomic E-state index is -0.556. The lowest BCUT2D eigenvalue weighted by atomic mass is 9.69. The van der Waals surface area contributed by atoms with E-state index in [1.807, 2.05) is 36.0 Å². The lowest BCUT2D eigenvalue weighted by Gasteiger charge is -2.31. The first kappa shape index (κ1) is 13.7. The summed E-state index contributed by atoms with van der Waals surface area (Å²) >= 11 is 0. The van der Waals surface area contributed by atoms with Gasteiger partial charge in [0.2, 0.25) is 0 Å². The van der Waals surface area contributed by atoms with Crippen LogP contribution in [0.4, 0.5) is 0 Å². The van der Waals surface area contributed by atoms with Crippen LogP contribution in [0.1, 0.15) is 31.2 Å². The fraction of sp³-hybridized carbons (Fsp3) is 0.412. The number of Topliss-reactive ketones (excluding diaryl/α,β-unsaturated/α-hetero) is 1. The molecule has 3 rings (SSSR count). The predicted molar refractivity (Wildman–Crippen MR) is 80.2 cm³/mol. The number of hydrogen-bond donors (Lipinski definition) is 0. The summed E-state index contributed by atoms with van der Waals surface area (Å²) in [5.74, 6) is 1.07. The minimum absolute atomic E-state index is 0.263. The van der Waals surface area contributed by atoms with Crippen LogP contribution in [0.5, 0.6) is 5.75 Å². The van der Waals surface area contributed by atoms with E-state index in [0.29, 0.717) is 25.7 Å². The van der Waals surface area contributed by atoms with Crippen LogP contribution < -0.4 is 4.74 Å². The Morgan fingerprint density at radius 3 is 2.62 bits per heavy atom. The van der Waals surface area contributed by atoms with E-state index >= 15 is 0 Å². The van der Waals surface area contributed by atoms with Gasteiger partial charge in [-0.3, -0.25) is 4.79 Å². The average Bonchev–Trinajstić information content (AvgIpc) is 2.90. The molecular formula is C17H18N2O2. The zero-order chi connectivity index (χ0) is 15.0. The average molecular weight is 282 g/mol. The molecule has 0 unspecified atom stereocenters. The van der Waals surface area contributed by atoms with Crippen molar-refractivity contribution < 1.29 is 9.53 Å². The van der Waals surface area contributed by atoms with Crippen LogP contribution in [-0.4, -0.2) is 17.5 Å². The number of aromatic nitrogens is 1. The zero-order valence-electron chi connectivity index (χ0n) is 12.3. The fourth-order valence-corrected chi connectivity index (χ4v) is 3.36. The molecule has 1 heterocycles. The van der Waals surface area contributed by atoms with Gasteiger partial charge in [-0.25, -0.2) is 0 Å². The second kappa shape index (κ2) is 4.92. The standard InChI is InChI=1S/C17H18N2O2/c1-19-10-7-13-14(3-4-15(21-2)16(13)19)17(11-18)8-5-12(20)6-9-17/h3-4,7,10H,5-6,8-9H2,1-2H3. The molecule has 1 fully saturated rings. The first-order valence-corrected chi connectivity index (χ1v) is 7.17. The van der Waals surface area contributed by atoms with E-state index in [4.69, 9.17) is 4.74 Å². The van der Waals surface area contributed by atoms with Crippen molar-refractivity contribution in [1.29, 1.82) is 5.26 Å². The molecule has 0 amide bonds. The lowest BCUT2D eigenvalue weighted by molar-refractivity contribution is -0.120. The molecule has 1 aliphatic carbocycles. The second-order valence-electron chi connectivity index (χ2n) is 5.74. The summed E-state index contributed by atoms with van der Waals surface area (Å²) in [5, 5.41) is 10.8. The molecule has 0 bridgehead atoms. The molecule has 0 spiro atoms. The minimum Gasteiger partial charge on any atom is -0.495 e. The Morgan fingerprint density at radius 1 is 1.29 bits per heavy atom. The summed E-state index contributed by atoms with van der Waals surface area (Å²) in [6, 6.07) is 8.43.